The van der Waals surface area contributed by atoms with Crippen LogP contribution in [0.25, 0.3) is 0 Å². The van der Waals surface area contributed by atoms with Crippen LogP contribution < -0.4 is 14.5 Å². The third-order valence-electron chi connectivity index (χ3n) is 10.3. The molecule has 3 aromatic rings. The lowest BCUT2D eigenvalue weighted by Crippen LogP contribution is -2.60. The van der Waals surface area contributed by atoms with E-state index in [0.717, 1.165) is 4.90 Å². The van der Waals surface area contributed by atoms with E-state index in [1.807, 2.05) is 0 Å². The van der Waals surface area contributed by atoms with E-state index in [-0.39, 0.29) is 29.0 Å². The Morgan fingerprint density at radius 3 is 2.00 bits per heavy atom. The molecular weight excluding hydrogens is 783 g/mol. The van der Waals surface area contributed by atoms with Gasteiger partial charge in [0, 0.05) is 17.0 Å². The molecule has 2 heterocycles. The van der Waals surface area contributed by atoms with Gasteiger partial charge in [-0.1, -0.05) is 11.6 Å². The number of anilines is 2. The summed E-state index contributed by atoms with van der Waals surface area (Å²) in [6.45, 7) is 1.28. The third-order valence-corrected chi connectivity index (χ3v) is 11.7. The number of aromatic hydroxyl groups is 1. The van der Waals surface area contributed by atoms with Crippen LogP contribution in [0.1, 0.15) is 41.6 Å². The van der Waals surface area contributed by atoms with Crippen molar-refractivity contribution in [2.75, 3.05) is 9.80 Å². The fourth-order valence-corrected chi connectivity index (χ4v) is 8.90. The number of carbonyl (C=O) groups excluding carboxylic acids is 5. The van der Waals surface area contributed by atoms with Gasteiger partial charge in [0.25, 0.3) is 11.8 Å². The lowest BCUT2D eigenvalue weighted by Gasteiger charge is -2.50. The molecule has 0 radical (unpaired) electrons. The summed E-state index contributed by atoms with van der Waals surface area (Å²) < 4.78 is 117. The van der Waals surface area contributed by atoms with Gasteiger partial charge in [-0.2, -0.15) is 0 Å². The molecule has 2 aliphatic heterocycles. The average molecular weight is 803 g/mol. The predicted octanol–water partition coefficient (Wildman–Crippen LogP) is 6.96. The molecule has 6 atom stereocenters. The SMILES string of the molecule is CC(=O)c1ccc(N2C(=O)[C@H]3[C@H](CC=C4[C@H]3C[C@@]3(Cl)C(=O)N(c5c(F)c(F)c(F)c(F)c5F)C(=O)[C@@]3(Cl)[C@H]4c3cc(OC(F)(F)F)ccc3O)C2=O)cc1. The zero-order chi connectivity index (χ0) is 39.6. The molecule has 282 valence electrons. The summed E-state index contributed by atoms with van der Waals surface area (Å²) in [4.78, 5) is 62.7. The van der Waals surface area contributed by atoms with Crippen LogP contribution >= 0.6 is 23.2 Å². The molecule has 54 heavy (non-hydrogen) atoms. The normalized spacial score (nSPS) is 27.9. The molecule has 0 unspecified atom stereocenters. The van der Waals surface area contributed by atoms with Crippen molar-refractivity contribution < 1.29 is 68.9 Å². The van der Waals surface area contributed by atoms with E-state index < -0.39 is 127 Å². The highest BCUT2D eigenvalue weighted by atomic mass is 35.5. The topological polar surface area (TPSA) is 121 Å². The molecule has 7 rings (SSSR count). The van der Waals surface area contributed by atoms with Gasteiger partial charge in [0.1, 0.15) is 17.2 Å². The van der Waals surface area contributed by atoms with Crippen molar-refractivity contribution in [1.29, 1.82) is 0 Å². The number of phenols is 1. The van der Waals surface area contributed by atoms with Gasteiger partial charge in [-0.25, -0.2) is 26.9 Å². The Balaban J connectivity index is 1.43. The molecule has 1 saturated carbocycles. The zero-order valence-corrected chi connectivity index (χ0v) is 28.4. The van der Waals surface area contributed by atoms with Crippen molar-refractivity contribution in [2.45, 2.75) is 41.8 Å². The minimum absolute atomic E-state index is 0.0323. The number of amides is 4. The van der Waals surface area contributed by atoms with Crippen molar-refractivity contribution in [3.05, 3.63) is 94.3 Å². The smallest absolute Gasteiger partial charge is 0.508 e. The van der Waals surface area contributed by atoms with E-state index in [0.29, 0.717) is 18.2 Å². The highest BCUT2D eigenvalue weighted by Crippen LogP contribution is 2.67. The Kier molecular flexibility index (Phi) is 8.46. The Morgan fingerprint density at radius 1 is 0.833 bits per heavy atom. The zero-order valence-electron chi connectivity index (χ0n) is 26.9. The number of allylic oxidation sites excluding steroid dienone is 2. The summed E-state index contributed by atoms with van der Waals surface area (Å²) in [5.74, 6) is -26.7. The van der Waals surface area contributed by atoms with E-state index in [9.17, 15) is 55.4 Å². The van der Waals surface area contributed by atoms with Crippen LogP contribution in [-0.2, 0) is 19.2 Å². The molecule has 4 aliphatic rings. The van der Waals surface area contributed by atoms with E-state index in [1.54, 1.807) is 0 Å². The Bertz CT molecular complexity index is 2240. The highest BCUT2D eigenvalue weighted by molar-refractivity contribution is 6.58. The molecule has 3 aromatic carbocycles. The number of halogens is 10. The number of nitrogens with zero attached hydrogens (tertiary/aromatic N) is 2. The number of hydrogen-bond acceptors (Lipinski definition) is 7. The standard InChI is InChI=1S/C35H20Cl2F8N2O7/c1-12(48)13-2-4-14(5-3-13)46-29(50)17-8-7-16-19(21(17)30(46)51)11-33(36)31(52)47(28-26(41)24(39)23(38)25(40)27(28)42)32(53)34(33,37)22(16)18-10-15(6-9-20(18)49)54-35(43,44)45/h2-7,9-10,17,19,21-22,49H,8,11H2,1H3/t17-,19+,21-,22+,33+,34-/m0/s1. The minimum Gasteiger partial charge on any atom is -0.508 e. The van der Waals surface area contributed by atoms with E-state index in [2.05, 4.69) is 4.74 Å². The molecule has 1 N–H and O–H groups in total. The van der Waals surface area contributed by atoms with Crippen LogP contribution in [0, 0.1) is 46.8 Å². The summed E-state index contributed by atoms with van der Waals surface area (Å²) in [6, 6.07) is 7.29. The Labute approximate surface area is 307 Å². The fourth-order valence-electron chi connectivity index (χ4n) is 7.97. The summed E-state index contributed by atoms with van der Waals surface area (Å²) in [5, 5.41) is 11.1. The number of rotatable bonds is 5. The second-order valence-electron chi connectivity index (χ2n) is 13.1. The lowest BCUT2D eigenvalue weighted by molar-refractivity contribution is -0.274. The molecule has 0 bridgehead atoms. The number of alkyl halides is 5. The number of ketones is 1. The number of imide groups is 2. The van der Waals surface area contributed by atoms with Crippen LogP contribution in [0.2, 0.25) is 0 Å². The molecule has 19 heteroatoms. The number of hydrogen-bond donors (Lipinski definition) is 1. The minimum atomic E-state index is -5.31. The third kappa shape index (κ3) is 5.07. The molecule has 9 nitrogen and oxygen atoms in total. The van der Waals surface area contributed by atoms with Crippen LogP contribution in [0.5, 0.6) is 11.5 Å². The first-order valence-electron chi connectivity index (χ1n) is 15.7. The van der Waals surface area contributed by atoms with Crippen molar-refractivity contribution in [3.63, 3.8) is 0 Å². The number of carbonyl (C=O) groups is 5. The number of phenolic OH excluding ortho intramolecular Hbond substituents is 1. The molecule has 4 amide bonds. The predicted molar refractivity (Wildman–Crippen MR) is 170 cm³/mol. The monoisotopic (exact) mass is 802 g/mol. The van der Waals surface area contributed by atoms with Gasteiger partial charge in [0.2, 0.25) is 17.6 Å². The van der Waals surface area contributed by atoms with Crippen LogP contribution in [0.15, 0.2) is 54.1 Å². The molecular formula is C35H20Cl2F8N2O7. The highest BCUT2D eigenvalue weighted by Gasteiger charge is 2.77. The van der Waals surface area contributed by atoms with Gasteiger partial charge in [0.05, 0.1) is 17.5 Å². The number of benzene rings is 3. The van der Waals surface area contributed by atoms with Gasteiger partial charge in [-0.3, -0.25) is 28.9 Å². The van der Waals surface area contributed by atoms with Crippen molar-refractivity contribution in [3.8, 4) is 11.5 Å². The van der Waals surface area contributed by atoms with Crippen LogP contribution in [0.4, 0.5) is 46.5 Å². The fraction of sp³-hybridized carbons (Fsp3) is 0.286. The first-order chi connectivity index (χ1) is 25.2. The van der Waals surface area contributed by atoms with E-state index in [4.69, 9.17) is 23.2 Å². The van der Waals surface area contributed by atoms with E-state index >= 15 is 8.78 Å². The maximum Gasteiger partial charge on any atom is 0.573 e. The first-order valence-corrected chi connectivity index (χ1v) is 16.5. The van der Waals surface area contributed by atoms with Crippen LogP contribution in [-0.4, -0.2) is 50.6 Å². The number of fused-ring (bicyclic) bond motifs is 4. The lowest BCUT2D eigenvalue weighted by atomic mass is 9.56. The molecule has 0 aromatic heterocycles. The second-order valence-corrected chi connectivity index (χ2v) is 14.3. The summed E-state index contributed by atoms with van der Waals surface area (Å²) in [7, 11) is 0. The van der Waals surface area contributed by atoms with Crippen LogP contribution in [0.3, 0.4) is 0 Å². The van der Waals surface area contributed by atoms with Crippen molar-refractivity contribution in [2.24, 2.45) is 17.8 Å². The average Bonchev–Trinajstić information content (AvgIpc) is 3.45. The van der Waals surface area contributed by atoms with Gasteiger partial charge in [-0.15, -0.1) is 36.4 Å². The largest absolute Gasteiger partial charge is 0.573 e. The number of ether oxygens (including phenoxy) is 1. The maximum atomic E-state index is 15.2. The van der Waals surface area contributed by atoms with Gasteiger partial charge in [-0.05, 0) is 68.1 Å². The summed E-state index contributed by atoms with van der Waals surface area (Å²) >= 11 is 14.0. The Hall–Kier alpha value is -5.03. The quantitative estimate of drug-likeness (QED) is 0.0564. The molecule has 2 saturated heterocycles. The molecule has 3 fully saturated rings. The Morgan fingerprint density at radius 2 is 1.43 bits per heavy atom. The van der Waals surface area contributed by atoms with E-state index in [1.165, 1.54) is 37.3 Å². The molecule has 0 spiro atoms. The van der Waals surface area contributed by atoms with Gasteiger partial charge in [0.15, 0.2) is 38.8 Å². The first kappa shape index (κ1) is 37.3. The molecule has 2 aliphatic carbocycles. The van der Waals surface area contributed by atoms with Crippen molar-refractivity contribution in [1.82, 2.24) is 0 Å². The summed E-state index contributed by atoms with van der Waals surface area (Å²) in [5.41, 5.74) is -2.59. The number of Topliss-reactive ketones (excluding diaryl/α,β-unsaturated/α-hetero) is 1. The van der Waals surface area contributed by atoms with Gasteiger partial charge >= 0.3 is 6.36 Å². The van der Waals surface area contributed by atoms with Crippen molar-refractivity contribution >= 4 is 64.0 Å². The van der Waals surface area contributed by atoms with Gasteiger partial charge < -0.3 is 9.84 Å². The summed E-state index contributed by atoms with van der Waals surface area (Å²) in [6.07, 6.45) is -5.20. The second kappa shape index (κ2) is 12.2. The maximum absolute atomic E-state index is 15.2.